The minimum absolute atomic E-state index is 0.182. The zero-order valence-electron chi connectivity index (χ0n) is 11.6. The molecule has 2 aromatic rings. The van der Waals surface area contributed by atoms with E-state index in [0.717, 1.165) is 34.6 Å². The molecule has 4 nitrogen and oxygen atoms in total. The van der Waals surface area contributed by atoms with Crippen LogP contribution in [0.5, 0.6) is 0 Å². The number of aromatic nitrogens is 1. The van der Waals surface area contributed by atoms with Crippen molar-refractivity contribution in [2.75, 3.05) is 13.6 Å². The van der Waals surface area contributed by atoms with Crippen molar-refractivity contribution in [2.45, 2.75) is 31.2 Å². The fourth-order valence-corrected chi connectivity index (χ4v) is 4.16. The van der Waals surface area contributed by atoms with E-state index in [4.69, 9.17) is 5.73 Å². The van der Waals surface area contributed by atoms with E-state index in [-0.39, 0.29) is 17.9 Å². The second kappa shape index (κ2) is 5.50. The third-order valence-electron chi connectivity index (χ3n) is 4.09. The Morgan fingerprint density at radius 2 is 2.25 bits per heavy atom. The smallest absolute Gasteiger partial charge is 0.229 e. The number of nitrogens with two attached hydrogens (primary N) is 1. The lowest BCUT2D eigenvalue weighted by Crippen LogP contribution is -2.44. The second-order valence-corrected chi connectivity index (χ2v) is 6.51. The monoisotopic (exact) mass is 289 g/mol. The van der Waals surface area contributed by atoms with E-state index >= 15 is 0 Å². The molecule has 2 heterocycles. The number of rotatable bonds is 3. The van der Waals surface area contributed by atoms with Crippen LogP contribution >= 0.6 is 11.3 Å². The number of hydrogen-bond donors (Lipinski definition) is 1. The number of thiazole rings is 1. The number of benzene rings is 1. The Balaban J connectivity index is 1.99. The van der Waals surface area contributed by atoms with Gasteiger partial charge in [0.15, 0.2) is 0 Å². The van der Waals surface area contributed by atoms with Crippen LogP contribution in [0.2, 0.25) is 0 Å². The molecule has 0 radical (unpaired) electrons. The van der Waals surface area contributed by atoms with Crippen LogP contribution in [-0.4, -0.2) is 35.4 Å². The quantitative estimate of drug-likeness (QED) is 0.943. The van der Waals surface area contributed by atoms with Crippen LogP contribution < -0.4 is 5.73 Å². The van der Waals surface area contributed by atoms with Gasteiger partial charge >= 0.3 is 0 Å². The predicted octanol–water partition coefficient (Wildman–Crippen LogP) is 2.35. The van der Waals surface area contributed by atoms with Crippen LogP contribution in [0.3, 0.4) is 0 Å². The Labute approximate surface area is 122 Å². The zero-order valence-corrected chi connectivity index (χ0v) is 12.4. The Morgan fingerprint density at radius 3 is 2.95 bits per heavy atom. The summed E-state index contributed by atoms with van der Waals surface area (Å²) >= 11 is 1.59. The van der Waals surface area contributed by atoms with Gasteiger partial charge in [-0.3, -0.25) is 4.79 Å². The largest absolute Gasteiger partial charge is 0.369 e. The van der Waals surface area contributed by atoms with E-state index in [1.165, 1.54) is 6.42 Å². The topological polar surface area (TPSA) is 59.2 Å². The zero-order chi connectivity index (χ0) is 14.1. The van der Waals surface area contributed by atoms with Crippen molar-refractivity contribution in [1.82, 2.24) is 9.88 Å². The minimum atomic E-state index is -0.294. The summed E-state index contributed by atoms with van der Waals surface area (Å²) in [5.41, 5.74) is 6.64. The van der Waals surface area contributed by atoms with Crippen molar-refractivity contribution in [3.05, 3.63) is 29.3 Å². The Kier molecular flexibility index (Phi) is 3.72. The molecular formula is C15H19N3OS. The molecule has 5 heteroatoms. The number of nitrogens with zero attached hydrogens (tertiary/aromatic N) is 2. The van der Waals surface area contributed by atoms with Gasteiger partial charge in [-0.15, -0.1) is 11.3 Å². The fraction of sp³-hybridized carbons (Fsp3) is 0.467. The van der Waals surface area contributed by atoms with Gasteiger partial charge < -0.3 is 10.6 Å². The molecule has 1 aliphatic heterocycles. The molecule has 0 spiro atoms. The normalized spacial score (nSPS) is 21.9. The molecule has 2 N–H and O–H groups in total. The summed E-state index contributed by atoms with van der Waals surface area (Å²) in [5, 5.41) is 0.859. The summed E-state index contributed by atoms with van der Waals surface area (Å²) in [6, 6.07) is 8.17. The summed E-state index contributed by atoms with van der Waals surface area (Å²) in [6.45, 7) is 1.03. The first kappa shape index (κ1) is 13.5. The van der Waals surface area contributed by atoms with Crippen molar-refractivity contribution < 1.29 is 4.79 Å². The minimum Gasteiger partial charge on any atom is -0.369 e. The molecule has 1 aromatic carbocycles. The summed E-state index contributed by atoms with van der Waals surface area (Å²) in [7, 11) is 2.08. The highest BCUT2D eigenvalue weighted by Crippen LogP contribution is 2.34. The third-order valence-corrected chi connectivity index (χ3v) is 5.21. The lowest BCUT2D eigenvalue weighted by atomic mass is 9.90. The van der Waals surface area contributed by atoms with E-state index < -0.39 is 0 Å². The standard InChI is InChI=1S/C15H19N3OS/c1-18-9-5-4-7-11(18)13(14(16)19)15-17-10-6-2-3-8-12(10)20-15/h2-3,6,8,11,13H,4-5,7,9H2,1H3,(H2,16,19). The van der Waals surface area contributed by atoms with Gasteiger partial charge in [0.1, 0.15) is 10.9 Å². The highest BCUT2D eigenvalue weighted by Gasteiger charge is 2.34. The number of likely N-dealkylation sites (N-methyl/N-ethyl adjacent to an activating group) is 1. The average molecular weight is 289 g/mol. The molecule has 1 aromatic heterocycles. The maximum absolute atomic E-state index is 12.0. The summed E-state index contributed by atoms with van der Waals surface area (Å²) in [5.74, 6) is -0.555. The maximum Gasteiger partial charge on any atom is 0.229 e. The van der Waals surface area contributed by atoms with E-state index in [0.29, 0.717) is 0 Å². The highest BCUT2D eigenvalue weighted by atomic mass is 32.1. The summed E-state index contributed by atoms with van der Waals surface area (Å²) < 4.78 is 1.12. The van der Waals surface area contributed by atoms with Gasteiger partial charge in [0.2, 0.25) is 5.91 Å². The number of para-hydroxylation sites is 1. The molecule has 1 aliphatic rings. The molecule has 1 fully saturated rings. The predicted molar refractivity (Wildman–Crippen MR) is 81.8 cm³/mol. The van der Waals surface area contributed by atoms with Crippen LogP contribution in [0.4, 0.5) is 0 Å². The van der Waals surface area contributed by atoms with Crippen molar-refractivity contribution in [2.24, 2.45) is 5.73 Å². The van der Waals surface area contributed by atoms with Crippen molar-refractivity contribution in [3.8, 4) is 0 Å². The van der Waals surface area contributed by atoms with E-state index in [1.807, 2.05) is 24.3 Å². The van der Waals surface area contributed by atoms with E-state index in [2.05, 4.69) is 16.9 Å². The van der Waals surface area contributed by atoms with Gasteiger partial charge in [-0.25, -0.2) is 4.98 Å². The number of likely N-dealkylation sites (tertiary alicyclic amines) is 1. The van der Waals surface area contributed by atoms with E-state index in [9.17, 15) is 4.79 Å². The lowest BCUT2D eigenvalue weighted by Gasteiger charge is -2.35. The first-order valence-electron chi connectivity index (χ1n) is 7.02. The van der Waals surface area contributed by atoms with Crippen LogP contribution in [0, 0.1) is 0 Å². The number of amides is 1. The first-order chi connectivity index (χ1) is 9.66. The third kappa shape index (κ3) is 2.43. The van der Waals surface area contributed by atoms with E-state index in [1.54, 1.807) is 11.3 Å². The SMILES string of the molecule is CN1CCCCC1C(C(N)=O)c1nc2ccccc2s1. The number of carbonyl (C=O) groups excluding carboxylic acids is 1. The molecule has 106 valence electrons. The molecule has 3 rings (SSSR count). The number of primary amides is 1. The van der Waals surface area contributed by atoms with Gasteiger partial charge in [-0.2, -0.15) is 0 Å². The van der Waals surface area contributed by atoms with Crippen LogP contribution in [0.1, 0.15) is 30.2 Å². The molecule has 1 saturated heterocycles. The Bertz CT molecular complexity index is 591. The van der Waals surface area contributed by atoms with Gasteiger partial charge in [0.25, 0.3) is 0 Å². The molecule has 2 unspecified atom stereocenters. The maximum atomic E-state index is 12.0. The molecule has 1 amide bonds. The first-order valence-corrected chi connectivity index (χ1v) is 7.83. The molecule has 20 heavy (non-hydrogen) atoms. The van der Waals surface area contributed by atoms with Gasteiger partial charge in [0, 0.05) is 6.04 Å². The van der Waals surface area contributed by atoms with Crippen molar-refractivity contribution in [3.63, 3.8) is 0 Å². The molecule has 2 atom stereocenters. The fourth-order valence-electron chi connectivity index (χ4n) is 3.02. The molecular weight excluding hydrogens is 270 g/mol. The number of hydrogen-bond acceptors (Lipinski definition) is 4. The second-order valence-electron chi connectivity index (χ2n) is 5.44. The number of fused-ring (bicyclic) bond motifs is 1. The van der Waals surface area contributed by atoms with Gasteiger partial charge in [-0.1, -0.05) is 18.6 Å². The molecule has 0 bridgehead atoms. The Morgan fingerprint density at radius 1 is 1.45 bits per heavy atom. The number of carbonyl (C=O) groups is 1. The van der Waals surface area contributed by atoms with Gasteiger partial charge in [-0.05, 0) is 38.6 Å². The summed E-state index contributed by atoms with van der Waals surface area (Å²) in [6.07, 6.45) is 3.36. The Hall–Kier alpha value is -1.46. The van der Waals surface area contributed by atoms with Crippen molar-refractivity contribution in [1.29, 1.82) is 0 Å². The molecule has 0 aliphatic carbocycles. The molecule has 0 saturated carbocycles. The van der Waals surface area contributed by atoms with Crippen LogP contribution in [0.15, 0.2) is 24.3 Å². The van der Waals surface area contributed by atoms with Gasteiger partial charge in [0.05, 0.1) is 10.2 Å². The highest BCUT2D eigenvalue weighted by molar-refractivity contribution is 7.18. The number of piperidine rings is 1. The van der Waals surface area contributed by atoms with Crippen LogP contribution in [0.25, 0.3) is 10.2 Å². The van der Waals surface area contributed by atoms with Crippen molar-refractivity contribution >= 4 is 27.5 Å². The average Bonchev–Trinajstić information content (AvgIpc) is 2.84. The lowest BCUT2D eigenvalue weighted by molar-refractivity contribution is -0.121. The summed E-state index contributed by atoms with van der Waals surface area (Å²) in [4.78, 5) is 18.9. The van der Waals surface area contributed by atoms with Crippen LogP contribution in [-0.2, 0) is 4.79 Å².